The Morgan fingerprint density at radius 1 is 1.43 bits per heavy atom. The molecule has 82 valence electrons. The Morgan fingerprint density at radius 2 is 2.07 bits per heavy atom. The third-order valence-corrected chi connectivity index (χ3v) is 1.66. The first kappa shape index (κ1) is 12.9. The first-order chi connectivity index (χ1) is 6.56. The molecule has 1 atom stereocenters. The summed E-state index contributed by atoms with van der Waals surface area (Å²) in [7, 11) is 1.60. The van der Waals surface area contributed by atoms with E-state index in [2.05, 4.69) is 5.32 Å². The van der Waals surface area contributed by atoms with Crippen LogP contribution in [0.15, 0.2) is 0 Å². The fourth-order valence-corrected chi connectivity index (χ4v) is 0.940. The predicted octanol–water partition coefficient (Wildman–Crippen LogP) is 0.250. The Hall–Kier alpha value is -1.10. The van der Waals surface area contributed by atoms with Crippen LogP contribution in [0, 0.1) is 5.92 Å². The SMILES string of the molecule is COCC(C)CNC(=O)CCC(=O)O. The summed E-state index contributed by atoms with van der Waals surface area (Å²) >= 11 is 0. The Kier molecular flexibility index (Phi) is 6.74. The highest BCUT2D eigenvalue weighted by molar-refractivity contribution is 5.80. The molecule has 0 saturated heterocycles. The second-order valence-electron chi connectivity index (χ2n) is 3.26. The average molecular weight is 203 g/mol. The van der Waals surface area contributed by atoms with Crippen molar-refractivity contribution in [3.63, 3.8) is 0 Å². The summed E-state index contributed by atoms with van der Waals surface area (Å²) in [4.78, 5) is 21.2. The van der Waals surface area contributed by atoms with E-state index in [0.29, 0.717) is 13.2 Å². The third-order valence-electron chi connectivity index (χ3n) is 1.66. The molecule has 0 aliphatic heterocycles. The van der Waals surface area contributed by atoms with Crippen LogP contribution in [0.2, 0.25) is 0 Å². The van der Waals surface area contributed by atoms with Gasteiger partial charge in [0.2, 0.25) is 5.91 Å². The summed E-state index contributed by atoms with van der Waals surface area (Å²) in [6.07, 6.45) is -0.0838. The lowest BCUT2D eigenvalue weighted by Crippen LogP contribution is -2.30. The molecule has 14 heavy (non-hydrogen) atoms. The molecule has 0 aromatic heterocycles. The number of rotatable bonds is 7. The predicted molar refractivity (Wildman–Crippen MR) is 50.9 cm³/mol. The van der Waals surface area contributed by atoms with Gasteiger partial charge in [0, 0.05) is 20.1 Å². The highest BCUT2D eigenvalue weighted by atomic mass is 16.5. The Bertz CT molecular complexity index is 193. The Balaban J connectivity index is 3.48. The fraction of sp³-hybridized carbons (Fsp3) is 0.778. The smallest absolute Gasteiger partial charge is 0.303 e. The van der Waals surface area contributed by atoms with Crippen LogP contribution in [0.5, 0.6) is 0 Å². The Labute approximate surface area is 83.4 Å². The molecule has 0 rings (SSSR count). The average Bonchev–Trinajstić information content (AvgIpc) is 2.12. The largest absolute Gasteiger partial charge is 0.481 e. The molecule has 0 spiro atoms. The van der Waals surface area contributed by atoms with Crippen molar-refractivity contribution < 1.29 is 19.4 Å². The maximum Gasteiger partial charge on any atom is 0.303 e. The molecule has 0 aromatic rings. The van der Waals surface area contributed by atoms with E-state index in [1.807, 2.05) is 6.92 Å². The first-order valence-electron chi connectivity index (χ1n) is 4.53. The van der Waals surface area contributed by atoms with Gasteiger partial charge in [0.25, 0.3) is 0 Å². The number of carboxylic acid groups (broad SMARTS) is 1. The van der Waals surface area contributed by atoms with Gasteiger partial charge >= 0.3 is 5.97 Å². The molecule has 5 heteroatoms. The summed E-state index contributed by atoms with van der Waals surface area (Å²) < 4.78 is 4.89. The molecule has 0 aliphatic rings. The lowest BCUT2D eigenvalue weighted by atomic mass is 10.2. The number of nitrogens with one attached hydrogen (secondary N) is 1. The third kappa shape index (κ3) is 7.54. The monoisotopic (exact) mass is 203 g/mol. The lowest BCUT2D eigenvalue weighted by molar-refractivity contribution is -0.138. The molecule has 0 fully saturated rings. The van der Waals surface area contributed by atoms with Gasteiger partial charge in [-0.25, -0.2) is 0 Å². The Morgan fingerprint density at radius 3 is 2.57 bits per heavy atom. The van der Waals surface area contributed by atoms with Gasteiger partial charge < -0.3 is 15.2 Å². The van der Waals surface area contributed by atoms with Crippen molar-refractivity contribution in [2.45, 2.75) is 19.8 Å². The summed E-state index contributed by atoms with van der Waals surface area (Å²) in [5.74, 6) is -0.936. The van der Waals surface area contributed by atoms with Gasteiger partial charge in [0.1, 0.15) is 0 Å². The second kappa shape index (κ2) is 7.32. The molecule has 0 aliphatic carbocycles. The molecular formula is C9H17NO4. The minimum atomic E-state index is -0.954. The molecule has 2 N–H and O–H groups in total. The van der Waals surface area contributed by atoms with Crippen LogP contribution in [0.1, 0.15) is 19.8 Å². The van der Waals surface area contributed by atoms with Crippen LogP contribution in [0.25, 0.3) is 0 Å². The minimum Gasteiger partial charge on any atom is -0.481 e. The van der Waals surface area contributed by atoms with Gasteiger partial charge in [-0.3, -0.25) is 9.59 Å². The number of carbonyl (C=O) groups is 2. The van der Waals surface area contributed by atoms with Gasteiger partial charge in [-0.05, 0) is 5.92 Å². The van der Waals surface area contributed by atoms with Crippen molar-refractivity contribution >= 4 is 11.9 Å². The zero-order valence-corrected chi connectivity index (χ0v) is 8.58. The van der Waals surface area contributed by atoms with Crippen LogP contribution in [-0.4, -0.2) is 37.2 Å². The molecule has 0 radical (unpaired) electrons. The van der Waals surface area contributed by atoms with Crippen LogP contribution in [-0.2, 0) is 14.3 Å². The highest BCUT2D eigenvalue weighted by Crippen LogP contribution is 1.94. The van der Waals surface area contributed by atoms with Gasteiger partial charge in [0.15, 0.2) is 0 Å². The quantitative estimate of drug-likeness (QED) is 0.622. The highest BCUT2D eigenvalue weighted by Gasteiger charge is 2.06. The van der Waals surface area contributed by atoms with E-state index in [1.54, 1.807) is 7.11 Å². The van der Waals surface area contributed by atoms with E-state index in [-0.39, 0.29) is 24.7 Å². The number of ether oxygens (including phenoxy) is 1. The second-order valence-corrected chi connectivity index (χ2v) is 3.26. The van der Waals surface area contributed by atoms with Gasteiger partial charge in [-0.2, -0.15) is 0 Å². The zero-order valence-electron chi connectivity index (χ0n) is 8.58. The van der Waals surface area contributed by atoms with Crippen LogP contribution in [0.3, 0.4) is 0 Å². The summed E-state index contributed by atoms with van der Waals surface area (Å²) in [5.41, 5.74) is 0. The van der Waals surface area contributed by atoms with E-state index in [1.165, 1.54) is 0 Å². The number of aliphatic carboxylic acids is 1. The van der Waals surface area contributed by atoms with E-state index in [4.69, 9.17) is 9.84 Å². The summed E-state index contributed by atoms with van der Waals surface area (Å²) in [5, 5.41) is 11.0. The van der Waals surface area contributed by atoms with Crippen molar-refractivity contribution in [2.24, 2.45) is 5.92 Å². The molecule has 5 nitrogen and oxygen atoms in total. The number of carbonyl (C=O) groups excluding carboxylic acids is 1. The standard InChI is InChI=1S/C9H17NO4/c1-7(6-14-2)5-10-8(11)3-4-9(12)13/h7H,3-6H2,1-2H3,(H,10,11)(H,12,13). The number of carboxylic acids is 1. The summed E-state index contributed by atoms with van der Waals surface area (Å²) in [6, 6.07) is 0. The van der Waals surface area contributed by atoms with Crippen molar-refractivity contribution in [1.82, 2.24) is 5.32 Å². The van der Waals surface area contributed by atoms with Crippen LogP contribution < -0.4 is 5.32 Å². The lowest BCUT2D eigenvalue weighted by Gasteiger charge is -2.10. The fourth-order valence-electron chi connectivity index (χ4n) is 0.940. The first-order valence-corrected chi connectivity index (χ1v) is 4.53. The molecule has 0 saturated carbocycles. The van der Waals surface area contributed by atoms with E-state index in [9.17, 15) is 9.59 Å². The number of methoxy groups -OCH3 is 1. The number of amides is 1. The van der Waals surface area contributed by atoms with E-state index < -0.39 is 5.97 Å². The number of hydrogen-bond acceptors (Lipinski definition) is 3. The van der Waals surface area contributed by atoms with Crippen molar-refractivity contribution in [3.05, 3.63) is 0 Å². The molecule has 0 heterocycles. The normalized spacial score (nSPS) is 12.1. The molecule has 0 aromatic carbocycles. The molecule has 0 bridgehead atoms. The topological polar surface area (TPSA) is 75.6 Å². The van der Waals surface area contributed by atoms with Crippen molar-refractivity contribution in [1.29, 1.82) is 0 Å². The van der Waals surface area contributed by atoms with Crippen LogP contribution >= 0.6 is 0 Å². The van der Waals surface area contributed by atoms with Crippen molar-refractivity contribution in [3.8, 4) is 0 Å². The van der Waals surface area contributed by atoms with E-state index in [0.717, 1.165) is 0 Å². The number of hydrogen-bond donors (Lipinski definition) is 2. The molecule has 1 unspecified atom stereocenters. The maximum absolute atomic E-state index is 11.0. The van der Waals surface area contributed by atoms with E-state index >= 15 is 0 Å². The van der Waals surface area contributed by atoms with Gasteiger partial charge in [-0.1, -0.05) is 6.92 Å². The summed E-state index contributed by atoms with van der Waals surface area (Å²) in [6.45, 7) is 3.05. The minimum absolute atomic E-state index is 0.0367. The van der Waals surface area contributed by atoms with Gasteiger partial charge in [0.05, 0.1) is 13.0 Å². The maximum atomic E-state index is 11.0. The molecular weight excluding hydrogens is 186 g/mol. The van der Waals surface area contributed by atoms with Gasteiger partial charge in [-0.15, -0.1) is 0 Å². The zero-order chi connectivity index (χ0) is 11.0. The van der Waals surface area contributed by atoms with Crippen LogP contribution in [0.4, 0.5) is 0 Å². The van der Waals surface area contributed by atoms with Crippen molar-refractivity contribution in [2.75, 3.05) is 20.3 Å². The molecule has 1 amide bonds.